The predicted octanol–water partition coefficient (Wildman–Crippen LogP) is 4.01. The molecule has 7 heteroatoms. The van der Waals surface area contributed by atoms with Crippen LogP contribution in [0.4, 0.5) is 5.69 Å². The number of carbonyl (C=O) groups excluding carboxylic acids is 1. The van der Waals surface area contributed by atoms with E-state index in [-0.39, 0.29) is 10.5 Å². The predicted molar refractivity (Wildman–Crippen MR) is 103 cm³/mol. The van der Waals surface area contributed by atoms with Crippen LogP contribution in [0.1, 0.15) is 30.1 Å². The monoisotopic (exact) mass is 392 g/mol. The van der Waals surface area contributed by atoms with Crippen molar-refractivity contribution in [2.45, 2.75) is 24.7 Å². The van der Waals surface area contributed by atoms with Gasteiger partial charge < -0.3 is 5.32 Å². The van der Waals surface area contributed by atoms with Gasteiger partial charge in [0, 0.05) is 18.7 Å². The molecule has 0 radical (unpaired) electrons. The molecule has 0 aromatic heterocycles. The summed E-state index contributed by atoms with van der Waals surface area (Å²) >= 11 is 6.06. The van der Waals surface area contributed by atoms with E-state index in [1.807, 2.05) is 0 Å². The maximum Gasteiger partial charge on any atom is 0.255 e. The molecule has 26 heavy (non-hydrogen) atoms. The van der Waals surface area contributed by atoms with Crippen LogP contribution >= 0.6 is 11.6 Å². The number of benzene rings is 2. The molecule has 1 heterocycles. The van der Waals surface area contributed by atoms with Crippen LogP contribution in [0.2, 0.25) is 5.02 Å². The van der Waals surface area contributed by atoms with Crippen molar-refractivity contribution >= 4 is 33.2 Å². The molecule has 1 amide bonds. The second-order valence-corrected chi connectivity index (χ2v) is 8.89. The summed E-state index contributed by atoms with van der Waals surface area (Å²) in [7, 11) is -3.60. The average molecular weight is 393 g/mol. The Kier molecular flexibility index (Phi) is 5.65. The summed E-state index contributed by atoms with van der Waals surface area (Å²) in [5.41, 5.74) is 0.758. The lowest BCUT2D eigenvalue weighted by Gasteiger charge is -2.29. The van der Waals surface area contributed by atoms with Gasteiger partial charge in [0.25, 0.3) is 5.91 Å². The number of hydrogen-bond donors (Lipinski definition) is 1. The summed E-state index contributed by atoms with van der Waals surface area (Å²) in [5, 5.41) is 3.13. The van der Waals surface area contributed by atoms with E-state index in [0.717, 1.165) is 12.8 Å². The first kappa shape index (κ1) is 18.9. The number of nitrogens with zero attached hydrogens (tertiary/aromatic N) is 1. The van der Waals surface area contributed by atoms with Crippen molar-refractivity contribution in [3.8, 4) is 0 Å². The fraction of sp³-hybridized carbons (Fsp3) is 0.316. The van der Waals surface area contributed by atoms with Crippen molar-refractivity contribution in [3.05, 3.63) is 59.1 Å². The van der Waals surface area contributed by atoms with Gasteiger partial charge in [-0.3, -0.25) is 4.79 Å². The van der Waals surface area contributed by atoms with Gasteiger partial charge in [-0.25, -0.2) is 8.42 Å². The summed E-state index contributed by atoms with van der Waals surface area (Å²) in [4.78, 5) is 12.6. The summed E-state index contributed by atoms with van der Waals surface area (Å²) in [6.45, 7) is 3.16. The lowest BCUT2D eigenvalue weighted by atomic mass is 10.0. The van der Waals surface area contributed by atoms with E-state index >= 15 is 0 Å². The highest BCUT2D eigenvalue weighted by molar-refractivity contribution is 7.89. The van der Waals surface area contributed by atoms with Crippen molar-refractivity contribution in [1.82, 2.24) is 4.31 Å². The molecule has 0 aliphatic carbocycles. The molecule has 1 saturated heterocycles. The van der Waals surface area contributed by atoms with E-state index in [2.05, 4.69) is 12.2 Å². The molecule has 1 aliphatic rings. The lowest BCUT2D eigenvalue weighted by molar-refractivity contribution is 0.102. The Morgan fingerprint density at radius 3 is 2.50 bits per heavy atom. The number of halogens is 1. The van der Waals surface area contributed by atoms with Gasteiger partial charge >= 0.3 is 0 Å². The Balaban J connectivity index is 1.81. The standard InChI is InChI=1S/C19H21ClN2O3S/c1-14-9-11-22(12-10-14)26(24,25)16-6-4-5-15(13-16)19(23)21-18-8-3-2-7-17(18)20/h2-8,13-14H,9-12H2,1H3,(H,21,23). The molecule has 0 unspecified atom stereocenters. The third kappa shape index (κ3) is 4.09. The fourth-order valence-electron chi connectivity index (χ4n) is 2.93. The van der Waals surface area contributed by atoms with E-state index in [0.29, 0.717) is 29.7 Å². The number of anilines is 1. The summed E-state index contributed by atoms with van der Waals surface area (Å²) in [5.74, 6) is 0.136. The normalized spacial score (nSPS) is 16.4. The zero-order valence-electron chi connectivity index (χ0n) is 14.5. The largest absolute Gasteiger partial charge is 0.321 e. The molecule has 0 saturated carbocycles. The molecule has 1 fully saturated rings. The number of carbonyl (C=O) groups is 1. The summed E-state index contributed by atoms with van der Waals surface area (Å²) in [6.07, 6.45) is 1.71. The molecule has 1 N–H and O–H groups in total. The van der Waals surface area contributed by atoms with E-state index in [1.165, 1.54) is 16.4 Å². The van der Waals surface area contributed by atoms with Crippen molar-refractivity contribution in [2.75, 3.05) is 18.4 Å². The third-order valence-corrected chi connectivity index (χ3v) is 6.82. The topological polar surface area (TPSA) is 66.5 Å². The third-order valence-electron chi connectivity index (χ3n) is 4.60. The van der Waals surface area contributed by atoms with Crippen molar-refractivity contribution < 1.29 is 13.2 Å². The van der Waals surface area contributed by atoms with Gasteiger partial charge in [-0.1, -0.05) is 36.7 Å². The zero-order chi connectivity index (χ0) is 18.7. The molecule has 0 bridgehead atoms. The molecule has 0 spiro atoms. The Labute approximate surface area is 159 Å². The van der Waals surface area contributed by atoms with E-state index in [4.69, 9.17) is 11.6 Å². The molecule has 2 aromatic rings. The minimum atomic E-state index is -3.60. The van der Waals surface area contributed by atoms with E-state index in [1.54, 1.807) is 36.4 Å². The first-order valence-corrected chi connectivity index (χ1v) is 10.4. The van der Waals surface area contributed by atoms with Gasteiger partial charge in [-0.2, -0.15) is 4.31 Å². The molecule has 1 aliphatic heterocycles. The van der Waals surface area contributed by atoms with Crippen LogP contribution in [0, 0.1) is 5.92 Å². The van der Waals surface area contributed by atoms with Gasteiger partial charge in [-0.05, 0) is 49.1 Å². The van der Waals surface area contributed by atoms with Crippen LogP contribution in [-0.2, 0) is 10.0 Å². The highest BCUT2D eigenvalue weighted by Gasteiger charge is 2.28. The number of nitrogens with one attached hydrogen (secondary N) is 1. The van der Waals surface area contributed by atoms with Crippen LogP contribution in [0.15, 0.2) is 53.4 Å². The first-order valence-electron chi connectivity index (χ1n) is 8.54. The number of piperidine rings is 1. The van der Waals surface area contributed by atoms with Gasteiger partial charge in [0.2, 0.25) is 10.0 Å². The lowest BCUT2D eigenvalue weighted by Crippen LogP contribution is -2.37. The van der Waals surface area contributed by atoms with Gasteiger partial charge in [-0.15, -0.1) is 0 Å². The maximum atomic E-state index is 12.9. The Bertz CT molecular complexity index is 907. The Morgan fingerprint density at radius 2 is 1.81 bits per heavy atom. The second-order valence-electron chi connectivity index (χ2n) is 6.55. The minimum absolute atomic E-state index is 0.138. The van der Waals surface area contributed by atoms with Crippen LogP contribution in [-0.4, -0.2) is 31.7 Å². The highest BCUT2D eigenvalue weighted by atomic mass is 35.5. The van der Waals surface area contributed by atoms with Crippen LogP contribution in [0.25, 0.3) is 0 Å². The smallest absolute Gasteiger partial charge is 0.255 e. The number of hydrogen-bond acceptors (Lipinski definition) is 3. The molecule has 3 rings (SSSR count). The number of amides is 1. The average Bonchev–Trinajstić information content (AvgIpc) is 2.64. The SMILES string of the molecule is CC1CCN(S(=O)(=O)c2cccc(C(=O)Nc3ccccc3Cl)c2)CC1. The van der Waals surface area contributed by atoms with Crippen molar-refractivity contribution in [3.63, 3.8) is 0 Å². The highest BCUT2D eigenvalue weighted by Crippen LogP contribution is 2.25. The fourth-order valence-corrected chi connectivity index (χ4v) is 4.63. The molecular weight excluding hydrogens is 372 g/mol. The van der Waals surface area contributed by atoms with E-state index < -0.39 is 15.9 Å². The van der Waals surface area contributed by atoms with Crippen LogP contribution in [0.5, 0.6) is 0 Å². The molecule has 0 atom stereocenters. The zero-order valence-corrected chi connectivity index (χ0v) is 16.1. The number of rotatable bonds is 4. The molecular formula is C19H21ClN2O3S. The van der Waals surface area contributed by atoms with Crippen molar-refractivity contribution in [2.24, 2.45) is 5.92 Å². The van der Waals surface area contributed by atoms with E-state index in [9.17, 15) is 13.2 Å². The molecule has 138 valence electrons. The van der Waals surface area contributed by atoms with Crippen LogP contribution < -0.4 is 5.32 Å². The van der Waals surface area contributed by atoms with Gasteiger partial charge in [0.05, 0.1) is 15.6 Å². The van der Waals surface area contributed by atoms with Gasteiger partial charge in [0.1, 0.15) is 0 Å². The summed E-state index contributed by atoms with van der Waals surface area (Å²) in [6, 6.07) is 13.0. The quantitative estimate of drug-likeness (QED) is 0.854. The van der Waals surface area contributed by atoms with Gasteiger partial charge in [0.15, 0.2) is 0 Å². The Morgan fingerprint density at radius 1 is 1.12 bits per heavy atom. The summed E-state index contributed by atoms with van der Waals surface area (Å²) < 4.78 is 27.2. The van der Waals surface area contributed by atoms with Crippen molar-refractivity contribution in [1.29, 1.82) is 0 Å². The first-order chi connectivity index (χ1) is 12.4. The number of sulfonamides is 1. The molecule has 2 aromatic carbocycles. The Hall–Kier alpha value is -1.89. The van der Waals surface area contributed by atoms with Crippen LogP contribution in [0.3, 0.4) is 0 Å². The second kappa shape index (κ2) is 7.78. The molecule has 5 nitrogen and oxygen atoms in total. The number of para-hydroxylation sites is 1. The minimum Gasteiger partial charge on any atom is -0.321 e. The maximum absolute atomic E-state index is 12.9.